The number of aromatic nitrogens is 1. The number of hydrazine groups is 1. The minimum atomic E-state index is -0.598. The number of benzene rings is 2. The van der Waals surface area contributed by atoms with Gasteiger partial charge in [0.1, 0.15) is 11.4 Å². The lowest BCUT2D eigenvalue weighted by molar-refractivity contribution is 0.0825. The van der Waals surface area contributed by atoms with Crippen molar-refractivity contribution in [3.05, 3.63) is 72.0 Å². The van der Waals surface area contributed by atoms with E-state index >= 15 is 0 Å². The Morgan fingerprint density at radius 1 is 1.00 bits per heavy atom. The molecule has 7 nitrogen and oxygen atoms in total. The summed E-state index contributed by atoms with van der Waals surface area (Å²) in [6.45, 7) is 2.42. The molecule has 2 aromatic carbocycles. The second kappa shape index (κ2) is 7.98. The van der Waals surface area contributed by atoms with Gasteiger partial charge in [0.15, 0.2) is 0 Å². The molecular formula is C19H17N3O4. The van der Waals surface area contributed by atoms with Gasteiger partial charge in [-0.1, -0.05) is 35.5 Å². The maximum atomic E-state index is 12.1. The van der Waals surface area contributed by atoms with Crippen LogP contribution in [0.25, 0.3) is 11.3 Å². The van der Waals surface area contributed by atoms with Gasteiger partial charge in [-0.05, 0) is 31.2 Å². The van der Waals surface area contributed by atoms with Crippen LogP contribution in [-0.4, -0.2) is 23.6 Å². The van der Waals surface area contributed by atoms with Crippen molar-refractivity contribution in [2.45, 2.75) is 6.92 Å². The van der Waals surface area contributed by atoms with Crippen LogP contribution in [0.4, 0.5) is 0 Å². The van der Waals surface area contributed by atoms with E-state index in [4.69, 9.17) is 9.26 Å². The highest BCUT2D eigenvalue weighted by molar-refractivity contribution is 5.98. The first kappa shape index (κ1) is 17.2. The largest absolute Gasteiger partial charge is 0.494 e. The summed E-state index contributed by atoms with van der Waals surface area (Å²) >= 11 is 0. The standard InChI is InChI=1S/C19H17N3O4/c1-2-25-15-10-8-14(9-11-15)18(23)20-21-19(24)17-12-16(22-26-17)13-6-4-3-5-7-13/h3-12H,2H2,1H3,(H,20,23)(H,21,24). The fourth-order valence-electron chi connectivity index (χ4n) is 2.24. The Morgan fingerprint density at radius 2 is 1.69 bits per heavy atom. The molecule has 0 saturated carbocycles. The van der Waals surface area contributed by atoms with E-state index < -0.39 is 11.8 Å². The number of carbonyl (C=O) groups is 2. The van der Waals surface area contributed by atoms with Crippen LogP contribution >= 0.6 is 0 Å². The van der Waals surface area contributed by atoms with Gasteiger partial charge < -0.3 is 9.26 Å². The van der Waals surface area contributed by atoms with Gasteiger partial charge in [0.25, 0.3) is 5.91 Å². The zero-order valence-corrected chi connectivity index (χ0v) is 14.1. The molecule has 1 aromatic heterocycles. The highest BCUT2D eigenvalue weighted by Crippen LogP contribution is 2.18. The smallest absolute Gasteiger partial charge is 0.308 e. The summed E-state index contributed by atoms with van der Waals surface area (Å²) in [5.41, 5.74) is 6.38. The van der Waals surface area contributed by atoms with E-state index in [0.717, 1.165) is 5.56 Å². The zero-order valence-electron chi connectivity index (χ0n) is 14.1. The molecule has 0 radical (unpaired) electrons. The lowest BCUT2D eigenvalue weighted by Crippen LogP contribution is -2.41. The lowest BCUT2D eigenvalue weighted by Gasteiger charge is -2.07. The molecule has 7 heteroatoms. The van der Waals surface area contributed by atoms with Crippen LogP contribution in [-0.2, 0) is 0 Å². The molecule has 0 aliphatic rings. The molecule has 3 rings (SSSR count). The minimum absolute atomic E-state index is 0.00385. The molecule has 2 amide bonds. The van der Waals surface area contributed by atoms with Gasteiger partial charge in [0, 0.05) is 17.2 Å². The third-order valence-corrected chi connectivity index (χ3v) is 3.52. The number of hydrogen-bond donors (Lipinski definition) is 2. The van der Waals surface area contributed by atoms with E-state index in [1.807, 2.05) is 37.3 Å². The third kappa shape index (κ3) is 4.07. The van der Waals surface area contributed by atoms with Gasteiger partial charge in [-0.2, -0.15) is 0 Å². The quantitative estimate of drug-likeness (QED) is 0.690. The topological polar surface area (TPSA) is 93.5 Å². The van der Waals surface area contributed by atoms with Crippen molar-refractivity contribution in [3.63, 3.8) is 0 Å². The summed E-state index contributed by atoms with van der Waals surface area (Å²) in [5, 5.41) is 3.86. The summed E-state index contributed by atoms with van der Waals surface area (Å²) in [5.74, 6) is -0.387. The number of carbonyl (C=O) groups excluding carboxylic acids is 2. The number of nitrogens with one attached hydrogen (secondary N) is 2. The highest BCUT2D eigenvalue weighted by Gasteiger charge is 2.15. The van der Waals surface area contributed by atoms with Gasteiger partial charge in [0.2, 0.25) is 5.76 Å². The number of rotatable bonds is 5. The van der Waals surface area contributed by atoms with Crippen molar-refractivity contribution in [3.8, 4) is 17.0 Å². The molecule has 0 aliphatic carbocycles. The van der Waals surface area contributed by atoms with Crippen LogP contribution in [0.2, 0.25) is 0 Å². The fourth-order valence-corrected chi connectivity index (χ4v) is 2.24. The summed E-state index contributed by atoms with van der Waals surface area (Å²) in [6, 6.07) is 17.4. The zero-order chi connectivity index (χ0) is 18.4. The second-order valence-electron chi connectivity index (χ2n) is 5.31. The van der Waals surface area contributed by atoms with Crippen molar-refractivity contribution < 1.29 is 18.8 Å². The molecule has 1 heterocycles. The number of amides is 2. The van der Waals surface area contributed by atoms with E-state index in [-0.39, 0.29) is 5.76 Å². The van der Waals surface area contributed by atoms with Crippen molar-refractivity contribution in [1.29, 1.82) is 0 Å². The molecule has 0 unspecified atom stereocenters. The van der Waals surface area contributed by atoms with Crippen molar-refractivity contribution in [1.82, 2.24) is 16.0 Å². The normalized spacial score (nSPS) is 10.2. The Labute approximate surface area is 149 Å². The molecule has 0 bridgehead atoms. The van der Waals surface area contributed by atoms with Crippen LogP contribution in [0.5, 0.6) is 5.75 Å². The first-order chi connectivity index (χ1) is 12.7. The van der Waals surface area contributed by atoms with E-state index in [2.05, 4.69) is 16.0 Å². The van der Waals surface area contributed by atoms with Gasteiger partial charge >= 0.3 is 5.91 Å². The SMILES string of the molecule is CCOc1ccc(C(=O)NNC(=O)c2cc(-c3ccccc3)no2)cc1. The van der Waals surface area contributed by atoms with Gasteiger partial charge in [-0.15, -0.1) is 0 Å². The predicted octanol–water partition coefficient (Wildman–Crippen LogP) is 2.82. The van der Waals surface area contributed by atoms with E-state index in [1.54, 1.807) is 24.3 Å². The highest BCUT2D eigenvalue weighted by atomic mass is 16.5. The Hall–Kier alpha value is -3.61. The van der Waals surface area contributed by atoms with Crippen molar-refractivity contribution in [2.75, 3.05) is 6.61 Å². The monoisotopic (exact) mass is 351 g/mol. The Kier molecular flexibility index (Phi) is 5.28. The fraction of sp³-hybridized carbons (Fsp3) is 0.105. The molecule has 0 saturated heterocycles. The summed E-state index contributed by atoms with van der Waals surface area (Å²) in [7, 11) is 0. The summed E-state index contributed by atoms with van der Waals surface area (Å²) in [6.07, 6.45) is 0. The van der Waals surface area contributed by atoms with Crippen molar-refractivity contribution in [2.24, 2.45) is 0 Å². The average molecular weight is 351 g/mol. The molecule has 2 N–H and O–H groups in total. The predicted molar refractivity (Wildman–Crippen MR) is 94.5 cm³/mol. The summed E-state index contributed by atoms with van der Waals surface area (Å²) in [4.78, 5) is 24.1. The van der Waals surface area contributed by atoms with Crippen LogP contribution in [0.15, 0.2) is 65.2 Å². The maximum absolute atomic E-state index is 12.1. The maximum Gasteiger partial charge on any atom is 0.308 e. The number of ether oxygens (including phenoxy) is 1. The van der Waals surface area contributed by atoms with Crippen LogP contribution in [0.3, 0.4) is 0 Å². The minimum Gasteiger partial charge on any atom is -0.494 e. The van der Waals surface area contributed by atoms with E-state index in [0.29, 0.717) is 23.6 Å². The number of nitrogens with zero attached hydrogens (tertiary/aromatic N) is 1. The molecular weight excluding hydrogens is 334 g/mol. The Balaban J connectivity index is 1.58. The van der Waals surface area contributed by atoms with Gasteiger partial charge in [-0.3, -0.25) is 20.4 Å². The molecule has 26 heavy (non-hydrogen) atoms. The molecule has 3 aromatic rings. The average Bonchev–Trinajstić information content (AvgIpc) is 3.18. The molecule has 0 fully saturated rings. The molecule has 132 valence electrons. The first-order valence-corrected chi connectivity index (χ1v) is 8.03. The lowest BCUT2D eigenvalue weighted by atomic mass is 10.1. The summed E-state index contributed by atoms with van der Waals surface area (Å²) < 4.78 is 10.3. The van der Waals surface area contributed by atoms with Crippen LogP contribution in [0, 0.1) is 0 Å². The Bertz CT molecular complexity index is 889. The first-order valence-electron chi connectivity index (χ1n) is 8.03. The molecule has 0 aliphatic heterocycles. The Morgan fingerprint density at radius 3 is 2.38 bits per heavy atom. The van der Waals surface area contributed by atoms with E-state index in [1.165, 1.54) is 6.07 Å². The van der Waals surface area contributed by atoms with Crippen LogP contribution < -0.4 is 15.6 Å². The second-order valence-corrected chi connectivity index (χ2v) is 5.31. The molecule has 0 atom stereocenters. The number of hydrogen-bond acceptors (Lipinski definition) is 5. The van der Waals surface area contributed by atoms with Crippen molar-refractivity contribution >= 4 is 11.8 Å². The third-order valence-electron chi connectivity index (χ3n) is 3.52. The van der Waals surface area contributed by atoms with Gasteiger partial charge in [0.05, 0.1) is 6.61 Å². The van der Waals surface area contributed by atoms with Gasteiger partial charge in [-0.25, -0.2) is 0 Å². The molecule has 0 spiro atoms. The van der Waals surface area contributed by atoms with E-state index in [9.17, 15) is 9.59 Å². The van der Waals surface area contributed by atoms with Crippen LogP contribution in [0.1, 0.15) is 27.8 Å².